The van der Waals surface area contributed by atoms with E-state index in [0.717, 1.165) is 66.9 Å². The minimum absolute atomic E-state index is 0.899. The maximum absolute atomic E-state index is 6.50. The quantitative estimate of drug-likeness (QED) is 0.160. The van der Waals surface area contributed by atoms with Gasteiger partial charge in [-0.2, -0.15) is 0 Å². The van der Waals surface area contributed by atoms with Crippen molar-refractivity contribution in [3.8, 4) is 33.6 Å². The summed E-state index contributed by atoms with van der Waals surface area (Å²) in [7, 11) is 0. The van der Waals surface area contributed by atoms with Gasteiger partial charge >= 0.3 is 0 Å². The summed E-state index contributed by atoms with van der Waals surface area (Å²) >= 11 is 0. The first-order chi connectivity index (χ1) is 33.7. The Labute approximate surface area is 392 Å². The van der Waals surface area contributed by atoms with Gasteiger partial charge in [-0.1, -0.05) is 164 Å². The molecule has 318 valence electrons. The second kappa shape index (κ2) is 15.2. The van der Waals surface area contributed by atoms with Crippen molar-refractivity contribution in [2.75, 3.05) is 4.90 Å². The monoisotopic (exact) mass is 867 g/mol. The molecule has 3 aromatic heterocycles. The Balaban J connectivity index is 0.936. The Morgan fingerprint density at radius 2 is 0.794 bits per heavy atom. The summed E-state index contributed by atoms with van der Waals surface area (Å²) in [6, 6.07) is 90.0. The van der Waals surface area contributed by atoms with E-state index in [9.17, 15) is 0 Å². The van der Waals surface area contributed by atoms with Crippen LogP contribution in [0.5, 0.6) is 0 Å². The summed E-state index contributed by atoms with van der Waals surface area (Å²) in [6.07, 6.45) is 0. The van der Waals surface area contributed by atoms with Gasteiger partial charge in [0.05, 0.1) is 27.8 Å². The highest BCUT2D eigenvalue weighted by molar-refractivity contribution is 6.13. The molecule has 0 N–H and O–H groups in total. The zero-order valence-corrected chi connectivity index (χ0v) is 36.9. The first-order valence-electron chi connectivity index (χ1n) is 23.3. The summed E-state index contributed by atoms with van der Waals surface area (Å²) in [5, 5.41) is 9.59. The van der Waals surface area contributed by atoms with E-state index in [4.69, 9.17) is 4.42 Å². The highest BCUT2D eigenvalue weighted by Crippen LogP contribution is 2.45. The number of anilines is 3. The second-order valence-corrected chi connectivity index (χ2v) is 17.6. The lowest BCUT2D eigenvalue weighted by atomic mass is 9.95. The summed E-state index contributed by atoms with van der Waals surface area (Å²) in [5.41, 5.74) is 16.6. The summed E-state index contributed by atoms with van der Waals surface area (Å²) in [5.74, 6) is 0. The topological polar surface area (TPSA) is 26.2 Å². The summed E-state index contributed by atoms with van der Waals surface area (Å²) in [6.45, 7) is 0. The first-order valence-corrected chi connectivity index (χ1v) is 23.3. The Hall–Kier alpha value is -9.12. The number of hydrogen-bond acceptors (Lipinski definition) is 2. The van der Waals surface area contributed by atoms with Crippen LogP contribution in [0.25, 0.3) is 110 Å². The second-order valence-electron chi connectivity index (χ2n) is 17.6. The van der Waals surface area contributed by atoms with Crippen LogP contribution in [-0.4, -0.2) is 9.13 Å². The number of furan rings is 1. The number of rotatable bonds is 7. The third-order valence-electron chi connectivity index (χ3n) is 13.9. The van der Waals surface area contributed by atoms with Gasteiger partial charge < -0.3 is 18.5 Å². The van der Waals surface area contributed by atoms with Gasteiger partial charge in [0.1, 0.15) is 11.2 Å². The number of benzene rings is 11. The van der Waals surface area contributed by atoms with E-state index in [-0.39, 0.29) is 0 Å². The van der Waals surface area contributed by atoms with Crippen LogP contribution in [-0.2, 0) is 0 Å². The first kappa shape index (κ1) is 38.2. The predicted octanol–water partition coefficient (Wildman–Crippen LogP) is 17.7. The van der Waals surface area contributed by atoms with E-state index in [1.165, 1.54) is 60.1 Å². The normalized spacial score (nSPS) is 11.8. The van der Waals surface area contributed by atoms with E-state index < -0.39 is 0 Å². The van der Waals surface area contributed by atoms with Crippen molar-refractivity contribution in [1.29, 1.82) is 0 Å². The third-order valence-corrected chi connectivity index (χ3v) is 13.9. The van der Waals surface area contributed by atoms with Gasteiger partial charge in [-0.25, -0.2) is 0 Å². The standard InChI is InChI=1S/C64H41N3O/c1-2-15-44(16-3-1)67-60-27-12-8-21-54(60)55-38-31-43(41-62(55)67)48-39-40-61(51-18-5-4-17-50(48)51)65(45-32-29-42(30-33-45)49-23-14-24-57-56-22-9-13-28-63(56)68-64(49)57)46-34-36-47(37-35-46)66-58-25-10-6-19-52(58)53-20-7-11-26-59(53)66/h1-41H. The van der Waals surface area contributed by atoms with E-state index >= 15 is 0 Å². The molecule has 0 saturated carbocycles. The van der Waals surface area contributed by atoms with Crippen LogP contribution in [0.3, 0.4) is 0 Å². The van der Waals surface area contributed by atoms with Crippen molar-refractivity contribution < 1.29 is 4.42 Å². The van der Waals surface area contributed by atoms with Gasteiger partial charge in [-0.3, -0.25) is 0 Å². The maximum atomic E-state index is 6.50. The molecule has 14 aromatic rings. The SMILES string of the molecule is c1ccc(-n2c3ccccc3c3ccc(-c4ccc(N(c5ccc(-c6cccc7c6oc6ccccc67)cc5)c5ccc(-n6c7ccccc7c7ccccc76)cc5)c5ccccc45)cc32)cc1. The molecule has 68 heavy (non-hydrogen) atoms. The molecule has 0 bridgehead atoms. The highest BCUT2D eigenvalue weighted by Gasteiger charge is 2.21. The highest BCUT2D eigenvalue weighted by atomic mass is 16.3. The number of nitrogens with zero attached hydrogens (tertiary/aromatic N) is 3. The largest absolute Gasteiger partial charge is 0.455 e. The summed E-state index contributed by atoms with van der Waals surface area (Å²) < 4.78 is 11.3. The average molecular weight is 868 g/mol. The van der Waals surface area contributed by atoms with Crippen LogP contribution in [0.4, 0.5) is 17.1 Å². The Kier molecular flexibility index (Phi) is 8.55. The maximum Gasteiger partial charge on any atom is 0.143 e. The number of aromatic nitrogens is 2. The molecule has 0 aliphatic carbocycles. The van der Waals surface area contributed by atoms with Crippen LogP contribution in [0.1, 0.15) is 0 Å². The molecule has 11 aromatic carbocycles. The van der Waals surface area contributed by atoms with Gasteiger partial charge in [0.25, 0.3) is 0 Å². The van der Waals surface area contributed by atoms with Gasteiger partial charge in [-0.15, -0.1) is 0 Å². The van der Waals surface area contributed by atoms with E-state index in [1.54, 1.807) is 0 Å². The smallest absolute Gasteiger partial charge is 0.143 e. The number of fused-ring (bicyclic) bond motifs is 10. The van der Waals surface area contributed by atoms with Gasteiger partial charge in [0.15, 0.2) is 0 Å². The molecule has 3 heterocycles. The molecule has 0 aliphatic heterocycles. The van der Waals surface area contributed by atoms with E-state index in [1.807, 2.05) is 12.1 Å². The van der Waals surface area contributed by atoms with Crippen molar-refractivity contribution in [3.05, 3.63) is 249 Å². The van der Waals surface area contributed by atoms with Crippen molar-refractivity contribution in [2.45, 2.75) is 0 Å². The fraction of sp³-hybridized carbons (Fsp3) is 0. The van der Waals surface area contributed by atoms with Crippen LogP contribution in [0.2, 0.25) is 0 Å². The average Bonchev–Trinajstić information content (AvgIpc) is 4.07. The molecule has 0 amide bonds. The predicted molar refractivity (Wildman–Crippen MR) is 285 cm³/mol. The molecule has 14 rings (SSSR count). The number of para-hydroxylation sites is 6. The molecule has 0 radical (unpaired) electrons. The molecule has 0 unspecified atom stereocenters. The molecular weight excluding hydrogens is 827 g/mol. The third kappa shape index (κ3) is 5.87. The summed E-state index contributed by atoms with van der Waals surface area (Å²) in [4.78, 5) is 2.41. The van der Waals surface area contributed by atoms with E-state index in [0.29, 0.717) is 0 Å². The Morgan fingerprint density at radius 1 is 0.294 bits per heavy atom. The minimum atomic E-state index is 0.899. The molecular formula is C64H41N3O. The zero-order chi connectivity index (χ0) is 44.7. The molecule has 0 aliphatic rings. The molecule has 4 nitrogen and oxygen atoms in total. The lowest BCUT2D eigenvalue weighted by Crippen LogP contribution is -2.11. The van der Waals surface area contributed by atoms with Crippen molar-refractivity contribution in [2.24, 2.45) is 0 Å². The lowest BCUT2D eigenvalue weighted by Gasteiger charge is -2.28. The molecule has 0 atom stereocenters. The molecule has 0 fully saturated rings. The van der Waals surface area contributed by atoms with Crippen LogP contribution in [0.15, 0.2) is 253 Å². The Bertz CT molecular complexity index is 4200. The van der Waals surface area contributed by atoms with Crippen molar-refractivity contribution >= 4 is 93.4 Å². The van der Waals surface area contributed by atoms with Crippen LogP contribution >= 0.6 is 0 Å². The van der Waals surface area contributed by atoms with Gasteiger partial charge in [0.2, 0.25) is 0 Å². The molecule has 0 saturated heterocycles. The van der Waals surface area contributed by atoms with Crippen molar-refractivity contribution in [1.82, 2.24) is 9.13 Å². The van der Waals surface area contributed by atoms with Crippen LogP contribution in [0, 0.1) is 0 Å². The number of hydrogen-bond donors (Lipinski definition) is 0. The van der Waals surface area contributed by atoms with Gasteiger partial charge in [0, 0.05) is 66.0 Å². The fourth-order valence-corrected chi connectivity index (χ4v) is 10.9. The lowest BCUT2D eigenvalue weighted by molar-refractivity contribution is 0.670. The fourth-order valence-electron chi connectivity index (χ4n) is 10.9. The van der Waals surface area contributed by atoms with E-state index in [2.05, 4.69) is 251 Å². The Morgan fingerprint density at radius 3 is 1.47 bits per heavy atom. The van der Waals surface area contributed by atoms with Crippen molar-refractivity contribution in [3.63, 3.8) is 0 Å². The van der Waals surface area contributed by atoms with Gasteiger partial charge in [-0.05, 0) is 107 Å². The zero-order valence-electron chi connectivity index (χ0n) is 36.9. The minimum Gasteiger partial charge on any atom is -0.455 e. The molecule has 0 spiro atoms. The van der Waals surface area contributed by atoms with Crippen LogP contribution < -0.4 is 4.90 Å². The molecule has 4 heteroatoms.